The second kappa shape index (κ2) is 11.0. The monoisotopic (exact) mass is 527 g/mol. The first-order chi connectivity index (χ1) is 17.1. The molecule has 1 aliphatic heterocycles. The van der Waals surface area contributed by atoms with Crippen molar-refractivity contribution in [2.75, 3.05) is 13.1 Å². The van der Waals surface area contributed by atoms with Gasteiger partial charge in [0.2, 0.25) is 15.9 Å². The van der Waals surface area contributed by atoms with E-state index in [1.54, 1.807) is 25.1 Å². The van der Waals surface area contributed by atoms with Crippen LogP contribution in [0.2, 0.25) is 5.02 Å². The number of nitrogens with zero attached hydrogens (tertiary/aromatic N) is 2. The fraction of sp³-hybridized carbons (Fsp3) is 0.333. The fourth-order valence-corrected chi connectivity index (χ4v) is 6.24. The van der Waals surface area contributed by atoms with E-state index >= 15 is 0 Å². The van der Waals surface area contributed by atoms with Crippen molar-refractivity contribution in [2.24, 2.45) is 5.92 Å². The minimum Gasteiger partial charge on any atom is -0.355 e. The Labute approximate surface area is 217 Å². The van der Waals surface area contributed by atoms with Crippen LogP contribution in [0.25, 0.3) is 12.2 Å². The molecule has 0 aliphatic carbocycles. The Morgan fingerprint density at radius 3 is 2.67 bits per heavy atom. The van der Waals surface area contributed by atoms with Crippen molar-refractivity contribution in [3.8, 4) is 0 Å². The molecule has 1 amide bonds. The average molecular weight is 528 g/mol. The predicted molar refractivity (Wildman–Crippen MR) is 141 cm³/mol. The van der Waals surface area contributed by atoms with Crippen LogP contribution in [0.15, 0.2) is 51.9 Å². The molecule has 0 saturated carbocycles. The van der Waals surface area contributed by atoms with Gasteiger partial charge in [-0.2, -0.15) is 4.31 Å². The minimum atomic E-state index is -3.91. The summed E-state index contributed by atoms with van der Waals surface area (Å²) in [5.41, 5.74) is 4.37. The van der Waals surface area contributed by atoms with Crippen LogP contribution in [0.4, 0.5) is 0 Å². The van der Waals surface area contributed by atoms with Crippen LogP contribution in [0.3, 0.4) is 0 Å². The third-order valence-corrected chi connectivity index (χ3v) is 8.69. The van der Waals surface area contributed by atoms with E-state index in [2.05, 4.69) is 10.5 Å². The van der Waals surface area contributed by atoms with Gasteiger partial charge in [-0.1, -0.05) is 58.7 Å². The van der Waals surface area contributed by atoms with Gasteiger partial charge in [-0.3, -0.25) is 4.79 Å². The largest absolute Gasteiger partial charge is 0.355 e. The molecule has 190 valence electrons. The number of hydrogen-bond acceptors (Lipinski definition) is 5. The van der Waals surface area contributed by atoms with Crippen LogP contribution in [-0.4, -0.2) is 36.9 Å². The van der Waals surface area contributed by atoms with Crippen molar-refractivity contribution in [3.63, 3.8) is 0 Å². The fourth-order valence-electron chi connectivity index (χ4n) is 4.34. The molecule has 2 aromatic carbocycles. The third-order valence-electron chi connectivity index (χ3n) is 6.42. The number of halogens is 1. The van der Waals surface area contributed by atoms with Gasteiger partial charge < -0.3 is 9.84 Å². The number of hydrogen-bond donors (Lipinski definition) is 1. The van der Waals surface area contributed by atoms with E-state index in [1.165, 1.54) is 4.31 Å². The van der Waals surface area contributed by atoms with Crippen LogP contribution in [-0.2, 0) is 21.4 Å². The first-order valence-corrected chi connectivity index (χ1v) is 13.7. The summed E-state index contributed by atoms with van der Waals surface area (Å²) in [6.45, 7) is 6.43. The SMILES string of the molecule is Cc1ccc(C)c(/C=C/c2onc(C)c2S(=O)(=O)N2CCC[C@@H](C(=O)NCc3ccc(Cl)cc3)C2)c1. The molecule has 1 N–H and O–H groups in total. The molecule has 1 aliphatic rings. The number of aromatic nitrogens is 1. The van der Waals surface area contributed by atoms with Crippen LogP contribution in [0.5, 0.6) is 0 Å². The maximum atomic E-state index is 13.6. The van der Waals surface area contributed by atoms with Gasteiger partial charge in [0, 0.05) is 24.7 Å². The second-order valence-corrected chi connectivity index (χ2v) is 11.5. The topological polar surface area (TPSA) is 92.5 Å². The molecule has 0 spiro atoms. The van der Waals surface area contributed by atoms with Crippen LogP contribution in [0, 0.1) is 26.7 Å². The lowest BCUT2D eigenvalue weighted by Crippen LogP contribution is -2.45. The first kappa shape index (κ1) is 26.1. The van der Waals surface area contributed by atoms with E-state index in [9.17, 15) is 13.2 Å². The Bertz CT molecular complexity index is 1380. The van der Waals surface area contributed by atoms with Crippen molar-refractivity contribution < 1.29 is 17.7 Å². The summed E-state index contributed by atoms with van der Waals surface area (Å²) in [7, 11) is -3.91. The smallest absolute Gasteiger partial charge is 0.248 e. The normalized spacial score (nSPS) is 16.9. The highest BCUT2D eigenvalue weighted by molar-refractivity contribution is 7.89. The van der Waals surface area contributed by atoms with E-state index in [0.29, 0.717) is 36.6 Å². The maximum absolute atomic E-state index is 13.6. The molecule has 4 rings (SSSR count). The van der Waals surface area contributed by atoms with Gasteiger partial charge >= 0.3 is 0 Å². The van der Waals surface area contributed by atoms with E-state index in [1.807, 2.05) is 50.3 Å². The Morgan fingerprint density at radius 2 is 1.92 bits per heavy atom. The molecule has 1 atom stereocenters. The number of rotatable bonds is 7. The summed E-state index contributed by atoms with van der Waals surface area (Å²) >= 11 is 5.92. The van der Waals surface area contributed by atoms with Gasteiger partial charge in [-0.25, -0.2) is 8.42 Å². The Kier molecular flexibility index (Phi) is 7.97. The number of carbonyl (C=O) groups is 1. The van der Waals surface area contributed by atoms with Gasteiger partial charge in [0.15, 0.2) is 10.7 Å². The molecule has 9 heteroatoms. The summed E-state index contributed by atoms with van der Waals surface area (Å²) in [5.74, 6) is -0.417. The van der Waals surface area contributed by atoms with E-state index in [0.717, 1.165) is 22.3 Å². The quantitative estimate of drug-likeness (QED) is 0.459. The lowest BCUT2D eigenvalue weighted by Gasteiger charge is -2.31. The van der Waals surface area contributed by atoms with Gasteiger partial charge in [0.25, 0.3) is 0 Å². The van der Waals surface area contributed by atoms with Crippen molar-refractivity contribution in [3.05, 3.63) is 81.2 Å². The number of carbonyl (C=O) groups excluding carboxylic acids is 1. The van der Waals surface area contributed by atoms with Crippen molar-refractivity contribution >= 4 is 39.7 Å². The summed E-state index contributed by atoms with van der Waals surface area (Å²) in [4.78, 5) is 12.9. The molecule has 1 saturated heterocycles. The molecular formula is C27H30ClN3O4S. The van der Waals surface area contributed by atoms with Gasteiger partial charge in [-0.05, 0) is 68.5 Å². The van der Waals surface area contributed by atoms with E-state index in [4.69, 9.17) is 16.1 Å². The number of amides is 1. The standard InChI is InChI=1S/C27H30ClN3O4S/c1-18-6-7-19(2)22(15-18)10-13-25-26(20(3)30-35-25)36(33,34)31-14-4-5-23(17-31)27(32)29-16-21-8-11-24(28)12-9-21/h6-13,15,23H,4-5,14,16-17H2,1-3H3,(H,29,32)/b13-10+/t23-/m1/s1. The minimum absolute atomic E-state index is 0.0475. The molecular weight excluding hydrogens is 498 g/mol. The molecule has 1 fully saturated rings. The molecule has 0 unspecified atom stereocenters. The van der Waals surface area contributed by atoms with Gasteiger partial charge in [-0.15, -0.1) is 0 Å². The van der Waals surface area contributed by atoms with Crippen molar-refractivity contribution in [2.45, 2.75) is 45.1 Å². The highest BCUT2D eigenvalue weighted by Crippen LogP contribution is 2.29. The predicted octanol–water partition coefficient (Wildman–Crippen LogP) is 5.14. The van der Waals surface area contributed by atoms with Crippen molar-refractivity contribution in [1.29, 1.82) is 0 Å². The summed E-state index contributed by atoms with van der Waals surface area (Å²) in [5, 5.41) is 7.48. The van der Waals surface area contributed by atoms with E-state index < -0.39 is 15.9 Å². The molecule has 0 bridgehead atoms. The second-order valence-electron chi connectivity index (χ2n) is 9.20. The Hall–Kier alpha value is -2.94. The third kappa shape index (κ3) is 5.88. The van der Waals surface area contributed by atoms with E-state index in [-0.39, 0.29) is 23.1 Å². The van der Waals surface area contributed by atoms with Gasteiger partial charge in [0.05, 0.1) is 5.92 Å². The lowest BCUT2D eigenvalue weighted by atomic mass is 9.99. The maximum Gasteiger partial charge on any atom is 0.248 e. The molecule has 36 heavy (non-hydrogen) atoms. The number of nitrogens with one attached hydrogen (secondary N) is 1. The first-order valence-electron chi connectivity index (χ1n) is 11.9. The Balaban J connectivity index is 1.49. The molecule has 2 heterocycles. The Morgan fingerprint density at radius 1 is 1.17 bits per heavy atom. The zero-order chi connectivity index (χ0) is 25.9. The van der Waals surface area contributed by atoms with Crippen LogP contribution >= 0.6 is 11.6 Å². The van der Waals surface area contributed by atoms with Crippen LogP contribution < -0.4 is 5.32 Å². The number of piperidine rings is 1. The zero-order valence-corrected chi connectivity index (χ0v) is 22.2. The summed E-state index contributed by atoms with van der Waals surface area (Å²) < 4.78 is 34.1. The molecule has 7 nitrogen and oxygen atoms in total. The van der Waals surface area contributed by atoms with Crippen molar-refractivity contribution in [1.82, 2.24) is 14.8 Å². The number of sulfonamides is 1. The summed E-state index contributed by atoms with van der Waals surface area (Å²) in [6, 6.07) is 13.3. The molecule has 0 radical (unpaired) electrons. The molecule has 1 aromatic heterocycles. The number of aryl methyl sites for hydroxylation is 3. The molecule has 3 aromatic rings. The highest BCUT2D eigenvalue weighted by Gasteiger charge is 2.36. The average Bonchev–Trinajstić information content (AvgIpc) is 3.25. The highest BCUT2D eigenvalue weighted by atomic mass is 35.5. The van der Waals surface area contributed by atoms with Crippen LogP contribution in [0.1, 0.15) is 46.5 Å². The zero-order valence-electron chi connectivity index (χ0n) is 20.6. The summed E-state index contributed by atoms with van der Waals surface area (Å²) in [6.07, 6.45) is 4.70. The lowest BCUT2D eigenvalue weighted by molar-refractivity contribution is -0.126. The number of benzene rings is 2. The van der Waals surface area contributed by atoms with Gasteiger partial charge in [0.1, 0.15) is 5.69 Å².